The molecule has 0 aliphatic carbocycles. The van der Waals surface area contributed by atoms with Gasteiger partial charge in [0, 0.05) is 31.0 Å². The largest absolute Gasteiger partial charge is 0.493 e. The van der Waals surface area contributed by atoms with Crippen LogP contribution in [0.25, 0.3) is 26.9 Å². The number of fused-ring (bicyclic) bond motifs is 1. The lowest BCUT2D eigenvalue weighted by Crippen LogP contribution is -2.06. The van der Waals surface area contributed by atoms with Crippen LogP contribution in [0.15, 0.2) is 30.6 Å². The van der Waals surface area contributed by atoms with Crippen molar-refractivity contribution in [3.8, 4) is 27.0 Å². The summed E-state index contributed by atoms with van der Waals surface area (Å²) in [4.78, 5) is 4.31. The normalized spacial score (nSPS) is 11.4. The molecule has 0 radical (unpaired) electrons. The van der Waals surface area contributed by atoms with Gasteiger partial charge in [0.15, 0.2) is 10.7 Å². The van der Waals surface area contributed by atoms with Crippen molar-refractivity contribution in [1.82, 2.24) is 19.6 Å². The van der Waals surface area contributed by atoms with Crippen LogP contribution in [-0.2, 0) is 6.18 Å². The smallest absolute Gasteiger partial charge is 0.417 e. The summed E-state index contributed by atoms with van der Waals surface area (Å²) in [5.74, 6) is 0.604. The van der Waals surface area contributed by atoms with Crippen molar-refractivity contribution < 1.29 is 23.0 Å². The quantitative estimate of drug-likeness (QED) is 0.272. The second-order valence-electron chi connectivity index (χ2n) is 6.87. The molecule has 0 saturated carbocycles. The molecule has 4 rings (SSSR count). The van der Waals surface area contributed by atoms with Gasteiger partial charge in [-0.1, -0.05) is 48.4 Å². The minimum atomic E-state index is -4.53. The van der Waals surface area contributed by atoms with Gasteiger partial charge in [0.1, 0.15) is 16.5 Å². The maximum Gasteiger partial charge on any atom is 0.417 e. The Hall–Kier alpha value is -2.40. The number of benzene rings is 1. The highest BCUT2D eigenvalue weighted by Crippen LogP contribution is 2.38. The van der Waals surface area contributed by atoms with Crippen molar-refractivity contribution in [2.45, 2.75) is 33.4 Å². The Bertz CT molecular complexity index is 1290. The van der Waals surface area contributed by atoms with Crippen LogP contribution in [0, 0.1) is 6.92 Å². The first kappa shape index (κ1) is 26.2. The number of aliphatic hydroxyl groups excluding tert-OH is 1. The fraction of sp³-hybridized carbons (Fsp3) is 0.318. The van der Waals surface area contributed by atoms with E-state index in [-0.39, 0.29) is 17.3 Å². The summed E-state index contributed by atoms with van der Waals surface area (Å²) in [6, 6.07) is 4.33. The molecule has 0 aliphatic rings. The second-order valence-corrected chi connectivity index (χ2v) is 8.66. The molecule has 4 aromatic rings. The summed E-state index contributed by atoms with van der Waals surface area (Å²) in [6.45, 7) is 6.26. The zero-order valence-electron chi connectivity index (χ0n) is 18.5. The molecule has 3 heterocycles. The number of aliphatic hydroxyl groups is 1. The average Bonchev–Trinajstić information content (AvgIpc) is 3.44. The van der Waals surface area contributed by atoms with Gasteiger partial charge in [-0.25, -0.2) is 4.98 Å². The number of ether oxygens (including phenoxy) is 1. The molecule has 1 aromatic carbocycles. The standard InChI is InChI=1S/C20H15Cl2F3N4O2S.C2H6/c1-10-5-12(13(21)7-16(10)31-4-2-3-30)18-27-28-19(32-18)15-9-29-8-11(20(23,24)25)6-14(22)17(29)26-15;1-2/h5-9,30H,2-4H2,1H3;1-2H3. The lowest BCUT2D eigenvalue weighted by Gasteiger charge is -2.11. The van der Waals surface area contributed by atoms with Gasteiger partial charge in [-0.2, -0.15) is 13.2 Å². The first-order chi connectivity index (χ1) is 16.2. The van der Waals surface area contributed by atoms with Gasteiger partial charge in [-0.15, -0.1) is 10.2 Å². The van der Waals surface area contributed by atoms with E-state index < -0.39 is 11.7 Å². The van der Waals surface area contributed by atoms with Gasteiger partial charge in [0.25, 0.3) is 0 Å². The van der Waals surface area contributed by atoms with E-state index in [2.05, 4.69) is 15.2 Å². The number of aryl methyl sites for hydroxylation is 1. The monoisotopic (exact) mass is 532 g/mol. The number of hydrogen-bond acceptors (Lipinski definition) is 6. The molecule has 0 saturated heterocycles. The van der Waals surface area contributed by atoms with Gasteiger partial charge in [0.05, 0.1) is 22.2 Å². The molecule has 0 fully saturated rings. The first-order valence-electron chi connectivity index (χ1n) is 10.3. The molecule has 1 N–H and O–H groups in total. The lowest BCUT2D eigenvalue weighted by atomic mass is 10.1. The van der Waals surface area contributed by atoms with Crippen LogP contribution >= 0.6 is 34.5 Å². The van der Waals surface area contributed by atoms with E-state index in [1.165, 1.54) is 21.9 Å². The Morgan fingerprint density at radius 3 is 2.44 bits per heavy atom. The van der Waals surface area contributed by atoms with Crippen molar-refractivity contribution in [3.63, 3.8) is 0 Å². The van der Waals surface area contributed by atoms with Crippen LogP contribution in [0.5, 0.6) is 5.75 Å². The zero-order chi connectivity index (χ0) is 25.0. The topological polar surface area (TPSA) is 72.5 Å². The predicted molar refractivity (Wildman–Crippen MR) is 128 cm³/mol. The number of imidazole rings is 1. The van der Waals surface area contributed by atoms with Gasteiger partial charge in [-0.05, 0) is 30.7 Å². The third kappa shape index (κ3) is 5.63. The molecule has 0 unspecified atom stereocenters. The molecule has 0 amide bonds. The van der Waals surface area contributed by atoms with Crippen LogP contribution in [0.4, 0.5) is 13.2 Å². The van der Waals surface area contributed by atoms with Crippen LogP contribution in [0.2, 0.25) is 10.0 Å². The maximum atomic E-state index is 13.1. The second kappa shape index (κ2) is 10.9. The van der Waals surface area contributed by atoms with Gasteiger partial charge < -0.3 is 14.2 Å². The van der Waals surface area contributed by atoms with E-state index in [1.807, 2.05) is 26.8 Å². The van der Waals surface area contributed by atoms with E-state index in [4.69, 9.17) is 33.0 Å². The fourth-order valence-electron chi connectivity index (χ4n) is 2.98. The Kier molecular flexibility index (Phi) is 8.40. The first-order valence-corrected chi connectivity index (χ1v) is 11.9. The summed E-state index contributed by atoms with van der Waals surface area (Å²) < 4.78 is 46.0. The SMILES string of the molecule is CC.Cc1cc(-c2nnc(-c3cn4cc(C(F)(F)F)cc(Cl)c4n3)s2)c(Cl)cc1OCCCO. The molecule has 34 heavy (non-hydrogen) atoms. The minimum Gasteiger partial charge on any atom is -0.493 e. The molecular formula is C22H21Cl2F3N4O2S. The Morgan fingerprint density at radius 1 is 1.06 bits per heavy atom. The number of alkyl halides is 3. The van der Waals surface area contributed by atoms with E-state index in [0.717, 1.165) is 17.8 Å². The predicted octanol–water partition coefficient (Wildman–Crippen LogP) is 6.94. The number of halogens is 5. The van der Waals surface area contributed by atoms with Crippen molar-refractivity contribution in [3.05, 3.63) is 51.8 Å². The molecular weight excluding hydrogens is 512 g/mol. The summed E-state index contributed by atoms with van der Waals surface area (Å²) in [5.41, 5.74) is 1.12. The highest BCUT2D eigenvalue weighted by molar-refractivity contribution is 7.18. The number of pyridine rings is 1. The average molecular weight is 533 g/mol. The van der Waals surface area contributed by atoms with Crippen molar-refractivity contribution in [2.24, 2.45) is 0 Å². The number of aromatic nitrogens is 4. The Morgan fingerprint density at radius 2 is 1.76 bits per heavy atom. The van der Waals surface area contributed by atoms with Crippen LogP contribution in [0.3, 0.4) is 0 Å². The summed E-state index contributed by atoms with van der Waals surface area (Å²) in [7, 11) is 0. The third-order valence-electron chi connectivity index (χ3n) is 4.53. The van der Waals surface area contributed by atoms with Crippen molar-refractivity contribution >= 4 is 40.2 Å². The Balaban J connectivity index is 0.00000158. The number of hydrogen-bond donors (Lipinski definition) is 1. The summed E-state index contributed by atoms with van der Waals surface area (Å²) >= 11 is 13.6. The molecule has 0 atom stereocenters. The Labute approximate surface area is 208 Å². The molecule has 0 bridgehead atoms. The fourth-order valence-corrected chi connectivity index (χ4v) is 4.36. The van der Waals surface area contributed by atoms with Gasteiger partial charge in [-0.3, -0.25) is 0 Å². The molecule has 6 nitrogen and oxygen atoms in total. The zero-order valence-corrected chi connectivity index (χ0v) is 20.8. The van der Waals surface area contributed by atoms with E-state index in [1.54, 1.807) is 6.07 Å². The minimum absolute atomic E-state index is 0.0320. The van der Waals surface area contributed by atoms with E-state index in [0.29, 0.717) is 45.1 Å². The van der Waals surface area contributed by atoms with Crippen molar-refractivity contribution in [1.29, 1.82) is 0 Å². The maximum absolute atomic E-state index is 13.1. The number of rotatable bonds is 6. The summed E-state index contributed by atoms with van der Waals surface area (Å²) in [6.07, 6.45) is -1.67. The highest BCUT2D eigenvalue weighted by atomic mass is 35.5. The van der Waals surface area contributed by atoms with Crippen LogP contribution in [0.1, 0.15) is 31.4 Å². The van der Waals surface area contributed by atoms with E-state index >= 15 is 0 Å². The highest BCUT2D eigenvalue weighted by Gasteiger charge is 2.32. The lowest BCUT2D eigenvalue weighted by molar-refractivity contribution is -0.137. The molecule has 0 spiro atoms. The van der Waals surface area contributed by atoms with E-state index in [9.17, 15) is 13.2 Å². The summed E-state index contributed by atoms with van der Waals surface area (Å²) in [5, 5.41) is 18.4. The van der Waals surface area contributed by atoms with Gasteiger partial charge >= 0.3 is 6.18 Å². The molecule has 12 heteroatoms. The molecule has 3 aromatic heterocycles. The van der Waals surface area contributed by atoms with Crippen LogP contribution < -0.4 is 4.74 Å². The van der Waals surface area contributed by atoms with Crippen molar-refractivity contribution in [2.75, 3.05) is 13.2 Å². The van der Waals surface area contributed by atoms with Gasteiger partial charge in [0.2, 0.25) is 0 Å². The molecule has 0 aliphatic heterocycles. The van der Waals surface area contributed by atoms with Crippen LogP contribution in [-0.4, -0.2) is 37.9 Å². The number of nitrogens with zero attached hydrogens (tertiary/aromatic N) is 4. The third-order valence-corrected chi connectivity index (χ3v) is 6.10. The molecule has 182 valence electrons.